The molecule has 0 saturated carbocycles. The van der Waals surface area contributed by atoms with Crippen LogP contribution in [0.5, 0.6) is 0 Å². The minimum atomic E-state index is 0.578. The first-order valence-electron chi connectivity index (χ1n) is 20.2. The van der Waals surface area contributed by atoms with Crippen molar-refractivity contribution in [3.63, 3.8) is 0 Å². The Morgan fingerprint density at radius 2 is 1.08 bits per heavy atom. The van der Waals surface area contributed by atoms with E-state index < -0.39 is 0 Å². The van der Waals surface area contributed by atoms with Crippen molar-refractivity contribution >= 4 is 60.3 Å². The van der Waals surface area contributed by atoms with Gasteiger partial charge in [0.15, 0.2) is 0 Å². The molecule has 1 heterocycles. The van der Waals surface area contributed by atoms with Gasteiger partial charge >= 0.3 is 0 Å². The summed E-state index contributed by atoms with van der Waals surface area (Å²) in [6.45, 7) is 0. The number of hydrogen-bond acceptors (Lipinski definition) is 1. The number of aromatic nitrogens is 1. The minimum Gasteiger partial charge on any atom is -0.312 e. The third kappa shape index (κ3) is 6.00. The van der Waals surface area contributed by atoms with Crippen LogP contribution in [-0.4, -0.2) is 4.57 Å². The molecule has 0 amide bonds. The SMILES string of the molecule is C1#CCC(N(c2ccc(-c3ccccc3)cc2)c2cc3ccccc3c3ccccc23)=C(c2cccc(-c3cccc4c3c3ccccc3n4-c3ccccc3)c2)C=C1. The highest BCUT2D eigenvalue weighted by Gasteiger charge is 2.23. The maximum absolute atomic E-state index is 3.51. The largest absolute Gasteiger partial charge is 0.312 e. The average Bonchev–Trinajstić information content (AvgIpc) is 3.46. The van der Waals surface area contributed by atoms with Crippen molar-refractivity contribution < 1.29 is 0 Å². The summed E-state index contributed by atoms with van der Waals surface area (Å²) < 4.78 is 2.39. The fourth-order valence-corrected chi connectivity index (χ4v) is 9.04. The number of allylic oxidation sites excluding steroid dienone is 4. The van der Waals surface area contributed by atoms with Crippen LogP contribution in [0.25, 0.3) is 76.9 Å². The van der Waals surface area contributed by atoms with Crippen molar-refractivity contribution in [1.29, 1.82) is 0 Å². The molecule has 0 spiro atoms. The Kier molecular flexibility index (Phi) is 8.50. The van der Waals surface area contributed by atoms with Crippen LogP contribution in [0.4, 0.5) is 11.4 Å². The van der Waals surface area contributed by atoms with E-state index in [1.54, 1.807) is 0 Å². The standard InChI is InChI=1S/C57H38N2/c1-4-18-40(19-5-1)41-34-36-46(37-35-41)59(56-39-44-20-10-11-25-47(44)50-27-12-13-28-51(50)56)53-31-9-3-8-26-48(53)42-21-16-22-43(38-42)49-30-17-33-55-57(49)52-29-14-15-32-54(52)58(55)45-23-6-2-7-24-45/h1-2,4-8,10-30,32-39H,31H2. The monoisotopic (exact) mass is 750 g/mol. The van der Waals surface area contributed by atoms with Gasteiger partial charge in [-0.05, 0) is 105 Å². The molecule has 2 nitrogen and oxygen atoms in total. The molecule has 1 aliphatic carbocycles. The van der Waals surface area contributed by atoms with Gasteiger partial charge in [-0.1, -0.05) is 170 Å². The molecule has 276 valence electrons. The lowest BCUT2D eigenvalue weighted by Gasteiger charge is -2.31. The van der Waals surface area contributed by atoms with E-state index in [4.69, 9.17) is 0 Å². The van der Waals surface area contributed by atoms with Gasteiger partial charge in [0, 0.05) is 38.8 Å². The Morgan fingerprint density at radius 1 is 0.458 bits per heavy atom. The van der Waals surface area contributed by atoms with Gasteiger partial charge in [0.1, 0.15) is 0 Å². The summed E-state index contributed by atoms with van der Waals surface area (Å²) in [6, 6.07) is 74.7. The van der Waals surface area contributed by atoms with Crippen molar-refractivity contribution in [1.82, 2.24) is 4.57 Å². The van der Waals surface area contributed by atoms with Gasteiger partial charge in [-0.15, -0.1) is 0 Å². The first-order valence-corrected chi connectivity index (χ1v) is 20.2. The number of anilines is 2. The molecule has 9 aromatic carbocycles. The maximum atomic E-state index is 3.51. The van der Waals surface area contributed by atoms with Crippen molar-refractivity contribution in [2.45, 2.75) is 6.42 Å². The van der Waals surface area contributed by atoms with Crippen LogP contribution >= 0.6 is 0 Å². The van der Waals surface area contributed by atoms with Gasteiger partial charge in [0.05, 0.1) is 23.1 Å². The predicted octanol–water partition coefficient (Wildman–Crippen LogP) is 14.9. The van der Waals surface area contributed by atoms with Crippen molar-refractivity contribution in [3.8, 4) is 39.8 Å². The van der Waals surface area contributed by atoms with E-state index in [1.165, 1.54) is 65.6 Å². The molecule has 0 aliphatic heterocycles. The number of nitrogens with zero attached hydrogens (tertiary/aromatic N) is 2. The van der Waals surface area contributed by atoms with Gasteiger partial charge in [-0.2, -0.15) is 0 Å². The fraction of sp³-hybridized carbons (Fsp3) is 0.0175. The Bertz CT molecular complexity index is 3340. The van der Waals surface area contributed by atoms with Crippen LogP contribution in [0, 0.1) is 11.8 Å². The van der Waals surface area contributed by atoms with E-state index in [0.29, 0.717) is 6.42 Å². The maximum Gasteiger partial charge on any atom is 0.0547 e. The highest BCUT2D eigenvalue weighted by Crippen LogP contribution is 2.44. The second-order valence-electron chi connectivity index (χ2n) is 15.1. The molecule has 1 aliphatic rings. The molecular weight excluding hydrogens is 713 g/mol. The van der Waals surface area contributed by atoms with Crippen LogP contribution in [0.1, 0.15) is 12.0 Å². The molecule has 0 bridgehead atoms. The van der Waals surface area contributed by atoms with E-state index in [0.717, 1.165) is 33.9 Å². The zero-order valence-corrected chi connectivity index (χ0v) is 32.4. The molecule has 0 atom stereocenters. The Hall–Kier alpha value is -7.86. The Morgan fingerprint density at radius 3 is 1.92 bits per heavy atom. The molecular formula is C57H38N2. The third-order valence-electron chi connectivity index (χ3n) is 11.7. The Balaban J connectivity index is 1.14. The fourth-order valence-electron chi connectivity index (χ4n) is 9.04. The van der Waals surface area contributed by atoms with Gasteiger partial charge in [-0.25, -0.2) is 0 Å². The molecule has 0 fully saturated rings. The summed E-state index contributed by atoms with van der Waals surface area (Å²) in [6.07, 6.45) is 4.80. The second-order valence-corrected chi connectivity index (χ2v) is 15.1. The van der Waals surface area contributed by atoms with Crippen LogP contribution < -0.4 is 4.90 Å². The lowest BCUT2D eigenvalue weighted by Crippen LogP contribution is -2.18. The van der Waals surface area contributed by atoms with Crippen LogP contribution in [0.15, 0.2) is 224 Å². The minimum absolute atomic E-state index is 0.578. The van der Waals surface area contributed by atoms with Gasteiger partial charge in [-0.3, -0.25) is 0 Å². The highest BCUT2D eigenvalue weighted by atomic mass is 15.2. The first-order chi connectivity index (χ1) is 29.3. The smallest absolute Gasteiger partial charge is 0.0547 e. The van der Waals surface area contributed by atoms with Crippen LogP contribution in [0.3, 0.4) is 0 Å². The van der Waals surface area contributed by atoms with E-state index in [2.05, 4.69) is 234 Å². The summed E-state index contributed by atoms with van der Waals surface area (Å²) in [5.74, 6) is 6.85. The van der Waals surface area contributed by atoms with Crippen molar-refractivity contribution in [2.75, 3.05) is 4.90 Å². The van der Waals surface area contributed by atoms with E-state index >= 15 is 0 Å². The number of fused-ring (bicyclic) bond motifs is 6. The summed E-state index contributed by atoms with van der Waals surface area (Å²) in [7, 11) is 0. The van der Waals surface area contributed by atoms with E-state index in [1.807, 2.05) is 6.08 Å². The lowest BCUT2D eigenvalue weighted by atomic mass is 9.93. The van der Waals surface area contributed by atoms with Gasteiger partial charge < -0.3 is 9.47 Å². The lowest BCUT2D eigenvalue weighted by molar-refractivity contribution is 1.11. The molecule has 59 heavy (non-hydrogen) atoms. The topological polar surface area (TPSA) is 8.17 Å². The number of benzene rings is 9. The molecule has 0 saturated heterocycles. The van der Waals surface area contributed by atoms with Gasteiger partial charge in [0.2, 0.25) is 0 Å². The van der Waals surface area contributed by atoms with Crippen LogP contribution in [-0.2, 0) is 0 Å². The zero-order chi connectivity index (χ0) is 39.1. The molecule has 0 N–H and O–H groups in total. The first kappa shape index (κ1) is 34.4. The quantitative estimate of drug-likeness (QED) is 0.116. The molecule has 1 aromatic heterocycles. The molecule has 10 aromatic rings. The number of hydrogen-bond donors (Lipinski definition) is 0. The molecule has 11 rings (SSSR count). The molecule has 2 heteroatoms. The highest BCUT2D eigenvalue weighted by molar-refractivity contribution is 6.16. The van der Waals surface area contributed by atoms with Crippen molar-refractivity contribution in [2.24, 2.45) is 0 Å². The Labute approximate surface area is 344 Å². The summed E-state index contributed by atoms with van der Waals surface area (Å²) in [5.41, 5.74) is 13.9. The molecule has 0 unspecified atom stereocenters. The predicted molar refractivity (Wildman–Crippen MR) is 250 cm³/mol. The van der Waals surface area contributed by atoms with Crippen molar-refractivity contribution in [3.05, 3.63) is 230 Å². The number of para-hydroxylation sites is 2. The van der Waals surface area contributed by atoms with Crippen LogP contribution in [0.2, 0.25) is 0 Å². The van der Waals surface area contributed by atoms with Gasteiger partial charge in [0.25, 0.3) is 0 Å². The summed E-state index contributed by atoms with van der Waals surface area (Å²) >= 11 is 0. The van der Waals surface area contributed by atoms with E-state index in [-0.39, 0.29) is 0 Å². The van der Waals surface area contributed by atoms with E-state index in [9.17, 15) is 0 Å². The number of rotatable bonds is 7. The third-order valence-corrected chi connectivity index (χ3v) is 11.7. The summed E-state index contributed by atoms with van der Waals surface area (Å²) in [5, 5.41) is 7.37. The second kappa shape index (κ2) is 14.6. The summed E-state index contributed by atoms with van der Waals surface area (Å²) in [4.78, 5) is 2.46. The normalized spacial score (nSPS) is 12.5. The molecule has 0 radical (unpaired) electrons. The zero-order valence-electron chi connectivity index (χ0n) is 32.4. The average molecular weight is 751 g/mol.